The third-order valence-electron chi connectivity index (χ3n) is 3.22. The smallest absolute Gasteiger partial charge is 0.253 e. The fourth-order valence-electron chi connectivity index (χ4n) is 1.99. The highest BCUT2D eigenvalue weighted by molar-refractivity contribution is 5.94. The molecule has 1 aromatic heterocycles. The van der Waals surface area contributed by atoms with E-state index in [1.807, 2.05) is 13.1 Å². The van der Waals surface area contributed by atoms with Crippen LogP contribution in [-0.2, 0) is 0 Å². The monoisotopic (exact) mass is 229 g/mol. The third kappa shape index (κ3) is 2.62. The molecular weight excluding hydrogens is 214 g/mol. The zero-order chi connectivity index (χ0) is 12.3. The van der Waals surface area contributed by atoms with E-state index in [-0.39, 0.29) is 11.6 Å². The Morgan fingerprint density at radius 3 is 3.00 bits per heavy atom. The first-order valence-electron chi connectivity index (χ1n) is 5.82. The van der Waals surface area contributed by atoms with Crippen LogP contribution < -0.4 is 0 Å². The first-order chi connectivity index (χ1) is 8.20. The third-order valence-corrected chi connectivity index (χ3v) is 3.22. The Balaban J connectivity index is 2.04. The molecule has 1 heterocycles. The minimum Gasteiger partial charge on any atom is -0.341 e. The van der Waals surface area contributed by atoms with E-state index in [0.717, 1.165) is 6.54 Å². The number of carbonyl (C=O) groups excluding carboxylic acids is 1. The summed E-state index contributed by atoms with van der Waals surface area (Å²) in [7, 11) is 1.81. The van der Waals surface area contributed by atoms with Crippen LogP contribution in [0.2, 0.25) is 0 Å². The SMILES string of the molecule is CN(CC1CCC1)C(=O)c1ccnc(C#N)c1. The largest absolute Gasteiger partial charge is 0.341 e. The number of pyridine rings is 1. The molecule has 1 amide bonds. The van der Waals surface area contributed by atoms with Gasteiger partial charge in [-0.25, -0.2) is 4.98 Å². The van der Waals surface area contributed by atoms with Crippen molar-refractivity contribution in [3.63, 3.8) is 0 Å². The quantitative estimate of drug-likeness (QED) is 0.794. The Morgan fingerprint density at radius 1 is 1.65 bits per heavy atom. The van der Waals surface area contributed by atoms with E-state index in [9.17, 15) is 4.79 Å². The molecular formula is C13H15N3O. The van der Waals surface area contributed by atoms with Gasteiger partial charge in [0, 0.05) is 25.4 Å². The van der Waals surface area contributed by atoms with E-state index >= 15 is 0 Å². The van der Waals surface area contributed by atoms with Gasteiger partial charge in [-0.1, -0.05) is 6.42 Å². The molecule has 0 saturated heterocycles. The van der Waals surface area contributed by atoms with E-state index in [4.69, 9.17) is 5.26 Å². The van der Waals surface area contributed by atoms with Gasteiger partial charge in [-0.3, -0.25) is 4.79 Å². The molecule has 1 saturated carbocycles. The van der Waals surface area contributed by atoms with Crippen LogP contribution in [0, 0.1) is 17.2 Å². The topological polar surface area (TPSA) is 57.0 Å². The summed E-state index contributed by atoms with van der Waals surface area (Å²) in [5, 5.41) is 8.74. The van der Waals surface area contributed by atoms with Gasteiger partial charge in [0.25, 0.3) is 5.91 Å². The first-order valence-corrected chi connectivity index (χ1v) is 5.82. The number of amides is 1. The van der Waals surface area contributed by atoms with Crippen molar-refractivity contribution in [2.75, 3.05) is 13.6 Å². The predicted molar refractivity (Wildman–Crippen MR) is 63.3 cm³/mol. The van der Waals surface area contributed by atoms with E-state index in [2.05, 4.69) is 4.98 Å². The molecule has 0 N–H and O–H groups in total. The van der Waals surface area contributed by atoms with Crippen LogP contribution in [-0.4, -0.2) is 29.4 Å². The average Bonchev–Trinajstić information content (AvgIpc) is 2.32. The fourth-order valence-corrected chi connectivity index (χ4v) is 1.99. The summed E-state index contributed by atoms with van der Waals surface area (Å²) in [5.41, 5.74) is 0.825. The summed E-state index contributed by atoms with van der Waals surface area (Å²) < 4.78 is 0. The molecule has 1 fully saturated rings. The summed E-state index contributed by atoms with van der Waals surface area (Å²) >= 11 is 0. The van der Waals surface area contributed by atoms with E-state index in [1.54, 1.807) is 17.0 Å². The summed E-state index contributed by atoms with van der Waals surface area (Å²) in [5.74, 6) is 0.622. The Hall–Kier alpha value is -1.89. The Bertz CT molecular complexity index is 460. The van der Waals surface area contributed by atoms with Gasteiger partial charge in [0.15, 0.2) is 0 Å². The van der Waals surface area contributed by atoms with Crippen molar-refractivity contribution in [3.8, 4) is 6.07 Å². The number of rotatable bonds is 3. The summed E-state index contributed by atoms with van der Waals surface area (Å²) in [6.45, 7) is 0.809. The van der Waals surface area contributed by atoms with Crippen LogP contribution in [0.15, 0.2) is 18.3 Å². The van der Waals surface area contributed by atoms with Crippen LogP contribution in [0.5, 0.6) is 0 Å². The predicted octanol–water partition coefficient (Wildman–Crippen LogP) is 1.83. The Kier molecular flexibility index (Phi) is 3.38. The lowest BCUT2D eigenvalue weighted by Crippen LogP contribution is -2.34. The lowest BCUT2D eigenvalue weighted by Gasteiger charge is -2.30. The maximum atomic E-state index is 12.1. The van der Waals surface area contributed by atoms with E-state index < -0.39 is 0 Å². The molecule has 4 nitrogen and oxygen atoms in total. The molecule has 2 rings (SSSR count). The van der Waals surface area contributed by atoms with Crippen molar-refractivity contribution in [1.82, 2.24) is 9.88 Å². The second-order valence-electron chi connectivity index (χ2n) is 4.52. The molecule has 0 bridgehead atoms. The van der Waals surface area contributed by atoms with E-state index in [1.165, 1.54) is 25.5 Å². The first kappa shape index (κ1) is 11.6. The fraction of sp³-hybridized carbons (Fsp3) is 0.462. The highest BCUT2D eigenvalue weighted by Crippen LogP contribution is 2.27. The zero-order valence-electron chi connectivity index (χ0n) is 9.89. The van der Waals surface area contributed by atoms with Crippen LogP contribution in [0.1, 0.15) is 35.3 Å². The van der Waals surface area contributed by atoms with Gasteiger partial charge in [-0.2, -0.15) is 5.26 Å². The van der Waals surface area contributed by atoms with Gasteiger partial charge in [-0.15, -0.1) is 0 Å². The molecule has 0 atom stereocenters. The Morgan fingerprint density at radius 2 is 2.41 bits per heavy atom. The maximum absolute atomic E-state index is 12.1. The number of nitrogens with zero attached hydrogens (tertiary/aromatic N) is 3. The second-order valence-corrected chi connectivity index (χ2v) is 4.52. The molecule has 1 aliphatic carbocycles. The number of hydrogen-bond donors (Lipinski definition) is 0. The molecule has 88 valence electrons. The number of carbonyl (C=O) groups is 1. The number of aromatic nitrogens is 1. The number of hydrogen-bond acceptors (Lipinski definition) is 3. The van der Waals surface area contributed by atoms with Crippen molar-refractivity contribution >= 4 is 5.91 Å². The molecule has 0 aromatic carbocycles. The molecule has 4 heteroatoms. The lowest BCUT2D eigenvalue weighted by molar-refractivity contribution is 0.0745. The second kappa shape index (κ2) is 4.96. The molecule has 17 heavy (non-hydrogen) atoms. The van der Waals surface area contributed by atoms with Crippen LogP contribution in [0.3, 0.4) is 0 Å². The summed E-state index contributed by atoms with van der Waals surface area (Å²) in [4.78, 5) is 17.7. The highest BCUT2D eigenvalue weighted by Gasteiger charge is 2.22. The molecule has 1 aliphatic rings. The molecule has 0 aliphatic heterocycles. The van der Waals surface area contributed by atoms with Gasteiger partial charge in [0.05, 0.1) is 0 Å². The van der Waals surface area contributed by atoms with Gasteiger partial charge in [0.1, 0.15) is 11.8 Å². The normalized spacial score (nSPS) is 14.8. The summed E-state index contributed by atoms with van der Waals surface area (Å²) in [6, 6.07) is 5.14. The van der Waals surface area contributed by atoms with Gasteiger partial charge in [-0.05, 0) is 30.9 Å². The minimum absolute atomic E-state index is 0.0317. The molecule has 0 radical (unpaired) electrons. The molecule has 1 aromatic rings. The van der Waals surface area contributed by atoms with Crippen LogP contribution in [0.4, 0.5) is 0 Å². The minimum atomic E-state index is -0.0317. The molecule has 0 spiro atoms. The van der Waals surface area contributed by atoms with Crippen molar-refractivity contribution in [2.45, 2.75) is 19.3 Å². The van der Waals surface area contributed by atoms with Gasteiger partial charge < -0.3 is 4.90 Å². The average molecular weight is 229 g/mol. The van der Waals surface area contributed by atoms with Crippen molar-refractivity contribution < 1.29 is 4.79 Å². The summed E-state index contributed by atoms with van der Waals surface area (Å²) in [6.07, 6.45) is 5.22. The van der Waals surface area contributed by atoms with E-state index in [0.29, 0.717) is 11.5 Å². The van der Waals surface area contributed by atoms with Crippen molar-refractivity contribution in [2.24, 2.45) is 5.92 Å². The zero-order valence-corrected chi connectivity index (χ0v) is 9.89. The lowest BCUT2D eigenvalue weighted by atomic mass is 9.85. The number of nitriles is 1. The van der Waals surface area contributed by atoms with Crippen molar-refractivity contribution in [3.05, 3.63) is 29.6 Å². The molecule has 0 unspecified atom stereocenters. The standard InChI is InChI=1S/C13H15N3O/c1-16(9-10-3-2-4-10)13(17)11-5-6-15-12(7-11)8-14/h5-7,10H,2-4,9H2,1H3. The maximum Gasteiger partial charge on any atom is 0.253 e. The van der Waals surface area contributed by atoms with Crippen molar-refractivity contribution in [1.29, 1.82) is 5.26 Å². The van der Waals surface area contributed by atoms with Crippen LogP contribution >= 0.6 is 0 Å². The van der Waals surface area contributed by atoms with Crippen LogP contribution in [0.25, 0.3) is 0 Å². The highest BCUT2D eigenvalue weighted by atomic mass is 16.2. The van der Waals surface area contributed by atoms with Gasteiger partial charge >= 0.3 is 0 Å². The van der Waals surface area contributed by atoms with Gasteiger partial charge in [0.2, 0.25) is 0 Å². The Labute approximate surface area is 101 Å².